The van der Waals surface area contributed by atoms with Crippen molar-refractivity contribution in [2.45, 2.75) is 32.4 Å². The predicted molar refractivity (Wildman–Crippen MR) is 61.9 cm³/mol. The number of hydrogen-bond donors (Lipinski definition) is 1. The van der Waals surface area contributed by atoms with Crippen LogP contribution in [0.5, 0.6) is 0 Å². The molecule has 16 heavy (non-hydrogen) atoms. The highest BCUT2D eigenvalue weighted by atomic mass is 16.3. The number of aryl methyl sites for hydroxylation is 2. The van der Waals surface area contributed by atoms with Gasteiger partial charge in [0.15, 0.2) is 0 Å². The Morgan fingerprint density at radius 1 is 1.50 bits per heavy atom. The van der Waals surface area contributed by atoms with Crippen LogP contribution in [0.4, 0.5) is 0 Å². The predicted octanol–water partition coefficient (Wildman–Crippen LogP) is 2.13. The van der Waals surface area contributed by atoms with Crippen LogP contribution in [-0.2, 0) is 13.0 Å². The molecule has 1 atom stereocenters. The van der Waals surface area contributed by atoms with Gasteiger partial charge >= 0.3 is 0 Å². The summed E-state index contributed by atoms with van der Waals surface area (Å²) in [5, 5.41) is 4.21. The van der Waals surface area contributed by atoms with E-state index in [0.29, 0.717) is 0 Å². The maximum atomic E-state index is 6.13. The quantitative estimate of drug-likeness (QED) is 0.838. The van der Waals surface area contributed by atoms with Gasteiger partial charge in [0, 0.05) is 25.2 Å². The smallest absolute Gasteiger partial charge is 0.103 e. The van der Waals surface area contributed by atoms with E-state index in [4.69, 9.17) is 10.2 Å². The summed E-state index contributed by atoms with van der Waals surface area (Å²) in [6, 6.07) is 5.88. The summed E-state index contributed by atoms with van der Waals surface area (Å²) in [6.45, 7) is 2.92. The molecule has 4 heteroatoms. The molecule has 2 rings (SSSR count). The van der Waals surface area contributed by atoms with Crippen LogP contribution in [0.2, 0.25) is 0 Å². The lowest BCUT2D eigenvalue weighted by atomic mass is 10.1. The second-order valence-corrected chi connectivity index (χ2v) is 3.80. The minimum Gasteiger partial charge on any atom is -0.469 e. The van der Waals surface area contributed by atoms with Crippen LogP contribution < -0.4 is 5.73 Å². The second kappa shape index (κ2) is 4.99. The van der Waals surface area contributed by atoms with Gasteiger partial charge in [-0.25, -0.2) is 0 Å². The molecule has 2 N–H and O–H groups in total. The van der Waals surface area contributed by atoms with Crippen molar-refractivity contribution >= 4 is 0 Å². The van der Waals surface area contributed by atoms with Crippen LogP contribution in [0, 0.1) is 0 Å². The van der Waals surface area contributed by atoms with Crippen molar-refractivity contribution in [1.29, 1.82) is 0 Å². The summed E-state index contributed by atoms with van der Waals surface area (Å²) in [7, 11) is 0. The van der Waals surface area contributed by atoms with Gasteiger partial charge in [0.2, 0.25) is 0 Å². The molecule has 2 heterocycles. The third kappa shape index (κ3) is 2.33. The zero-order valence-corrected chi connectivity index (χ0v) is 9.47. The highest BCUT2D eigenvalue weighted by molar-refractivity contribution is 5.07. The largest absolute Gasteiger partial charge is 0.469 e. The first kappa shape index (κ1) is 11.0. The Kier molecular flexibility index (Phi) is 3.41. The van der Waals surface area contributed by atoms with E-state index in [1.54, 1.807) is 12.5 Å². The zero-order valence-electron chi connectivity index (χ0n) is 9.47. The number of nitrogens with zero attached hydrogens (tertiary/aromatic N) is 2. The van der Waals surface area contributed by atoms with Gasteiger partial charge in [-0.15, -0.1) is 0 Å². The fourth-order valence-electron chi connectivity index (χ4n) is 1.82. The number of aromatic nitrogens is 2. The average Bonchev–Trinajstić information content (AvgIpc) is 2.96. The second-order valence-electron chi connectivity index (χ2n) is 3.80. The van der Waals surface area contributed by atoms with E-state index in [0.717, 1.165) is 30.8 Å². The highest BCUT2D eigenvalue weighted by Gasteiger charge is 2.11. The third-order valence-electron chi connectivity index (χ3n) is 2.71. The van der Waals surface area contributed by atoms with E-state index in [1.165, 1.54) is 0 Å². The van der Waals surface area contributed by atoms with E-state index in [-0.39, 0.29) is 6.04 Å². The first-order valence-electron chi connectivity index (χ1n) is 5.61. The molecular formula is C12H17N3O. The van der Waals surface area contributed by atoms with E-state index >= 15 is 0 Å². The average molecular weight is 219 g/mol. The van der Waals surface area contributed by atoms with Crippen molar-refractivity contribution in [1.82, 2.24) is 9.78 Å². The van der Waals surface area contributed by atoms with Crippen LogP contribution in [-0.4, -0.2) is 9.78 Å². The van der Waals surface area contributed by atoms with Crippen molar-refractivity contribution in [2.75, 3.05) is 0 Å². The number of rotatable bonds is 5. The summed E-state index contributed by atoms with van der Waals surface area (Å²) in [6.07, 6.45) is 5.23. The van der Waals surface area contributed by atoms with E-state index in [2.05, 4.69) is 12.0 Å². The molecule has 0 bridgehead atoms. The van der Waals surface area contributed by atoms with Crippen LogP contribution >= 0.6 is 0 Å². The molecule has 0 saturated heterocycles. The summed E-state index contributed by atoms with van der Waals surface area (Å²) in [5.41, 5.74) is 7.22. The topological polar surface area (TPSA) is 57.0 Å². The van der Waals surface area contributed by atoms with Crippen molar-refractivity contribution in [3.05, 3.63) is 42.1 Å². The zero-order chi connectivity index (χ0) is 11.4. The molecule has 2 aromatic heterocycles. The maximum absolute atomic E-state index is 6.13. The lowest BCUT2D eigenvalue weighted by molar-refractivity contribution is 0.477. The summed E-state index contributed by atoms with van der Waals surface area (Å²) in [5.74, 6) is 0.984. The van der Waals surface area contributed by atoms with Crippen molar-refractivity contribution in [2.24, 2.45) is 5.73 Å². The minimum absolute atomic E-state index is 0.0209. The number of furan rings is 1. The van der Waals surface area contributed by atoms with E-state index in [9.17, 15) is 0 Å². The molecule has 0 aromatic carbocycles. The van der Waals surface area contributed by atoms with Crippen molar-refractivity contribution in [3.8, 4) is 0 Å². The molecule has 86 valence electrons. The van der Waals surface area contributed by atoms with Gasteiger partial charge in [-0.05, 0) is 31.5 Å². The number of hydrogen-bond acceptors (Lipinski definition) is 3. The molecule has 0 saturated carbocycles. The summed E-state index contributed by atoms with van der Waals surface area (Å²) in [4.78, 5) is 0. The normalized spacial score (nSPS) is 12.9. The monoisotopic (exact) mass is 219 g/mol. The molecule has 0 aliphatic heterocycles. The van der Waals surface area contributed by atoms with Gasteiger partial charge < -0.3 is 10.2 Å². The van der Waals surface area contributed by atoms with Crippen molar-refractivity contribution < 1.29 is 4.42 Å². The van der Waals surface area contributed by atoms with Crippen LogP contribution in [0.1, 0.15) is 30.8 Å². The van der Waals surface area contributed by atoms with Crippen LogP contribution in [0.25, 0.3) is 0 Å². The first-order chi connectivity index (χ1) is 7.81. The number of nitrogens with two attached hydrogens (primary N) is 1. The van der Waals surface area contributed by atoms with Gasteiger partial charge in [-0.2, -0.15) is 5.10 Å². The first-order valence-corrected chi connectivity index (χ1v) is 5.61. The molecule has 0 amide bonds. The van der Waals surface area contributed by atoms with Gasteiger partial charge in [0.1, 0.15) is 5.76 Å². The summed E-state index contributed by atoms with van der Waals surface area (Å²) >= 11 is 0. The van der Waals surface area contributed by atoms with Gasteiger partial charge in [-0.3, -0.25) is 4.68 Å². The maximum Gasteiger partial charge on any atom is 0.103 e. The standard InChI is InChI=1S/C12H17N3O/c1-2-15-12(7-8-14-15)11(13)6-5-10-4-3-9-16-10/h3-4,7-9,11H,2,5-6,13H2,1H3. The van der Waals surface area contributed by atoms with Crippen molar-refractivity contribution in [3.63, 3.8) is 0 Å². The Morgan fingerprint density at radius 2 is 2.38 bits per heavy atom. The fourth-order valence-corrected chi connectivity index (χ4v) is 1.82. The van der Waals surface area contributed by atoms with Gasteiger partial charge in [0.05, 0.1) is 12.0 Å². The Bertz CT molecular complexity index is 419. The lowest BCUT2D eigenvalue weighted by Crippen LogP contribution is -2.16. The molecule has 0 aliphatic carbocycles. The van der Waals surface area contributed by atoms with Gasteiger partial charge in [0.25, 0.3) is 0 Å². The van der Waals surface area contributed by atoms with E-state index < -0.39 is 0 Å². The third-order valence-corrected chi connectivity index (χ3v) is 2.71. The molecule has 1 unspecified atom stereocenters. The summed E-state index contributed by atoms with van der Waals surface area (Å²) < 4.78 is 7.22. The van der Waals surface area contributed by atoms with Gasteiger partial charge in [-0.1, -0.05) is 0 Å². The molecular weight excluding hydrogens is 202 g/mol. The van der Waals surface area contributed by atoms with E-state index in [1.807, 2.05) is 22.9 Å². The lowest BCUT2D eigenvalue weighted by Gasteiger charge is -2.12. The molecule has 2 aromatic rings. The van der Waals surface area contributed by atoms with Crippen LogP contribution in [0.15, 0.2) is 35.1 Å². The minimum atomic E-state index is 0.0209. The fraction of sp³-hybridized carbons (Fsp3) is 0.417. The molecule has 0 fully saturated rings. The highest BCUT2D eigenvalue weighted by Crippen LogP contribution is 2.16. The molecule has 4 nitrogen and oxygen atoms in total. The van der Waals surface area contributed by atoms with Crippen LogP contribution in [0.3, 0.4) is 0 Å². The Hall–Kier alpha value is -1.55. The SMILES string of the molecule is CCn1nccc1C(N)CCc1ccco1. The molecule has 0 spiro atoms. The molecule has 0 radical (unpaired) electrons. The Balaban J connectivity index is 1.95. The molecule has 0 aliphatic rings. The Morgan fingerprint density at radius 3 is 3.06 bits per heavy atom. The Labute approximate surface area is 95.1 Å².